The molecule has 30 heavy (non-hydrogen) atoms. The van der Waals surface area contributed by atoms with Gasteiger partial charge >= 0.3 is 12.1 Å². The quantitative estimate of drug-likeness (QED) is 0.510. The number of benzene rings is 1. The van der Waals surface area contributed by atoms with Gasteiger partial charge in [-0.2, -0.15) is 30.2 Å². The molecule has 1 aliphatic heterocycles. The lowest BCUT2D eigenvalue weighted by Gasteiger charge is -2.37. The highest BCUT2D eigenvalue weighted by Crippen LogP contribution is 2.21. The van der Waals surface area contributed by atoms with E-state index in [1.54, 1.807) is 12.1 Å². The summed E-state index contributed by atoms with van der Waals surface area (Å²) in [5.74, 6) is -3.87. The standard InChI is InChI=1S/C13H19ClN4O4S.C2HF3O2/c1-16(13(20)12(15)19)23(21,22)18-8-6-17(7-9-18)11-4-2-10(14)3-5-11;3-2(4,5)1(6)7/h2-5,13,20H,6-9H2,1H3,(H2,15,19);(H,6,7). The topological polar surface area (TPSA) is 144 Å². The summed E-state index contributed by atoms with van der Waals surface area (Å²) < 4.78 is 58.3. The first-order valence-corrected chi connectivity index (χ1v) is 9.96. The van der Waals surface area contributed by atoms with Gasteiger partial charge in [-0.25, -0.2) is 4.79 Å². The molecule has 0 bridgehead atoms. The number of carbonyl (C=O) groups is 2. The second kappa shape index (κ2) is 10.3. The molecule has 1 unspecified atom stereocenters. The zero-order valence-corrected chi connectivity index (χ0v) is 17.2. The molecule has 1 amide bonds. The van der Waals surface area contributed by atoms with Crippen molar-refractivity contribution in [2.45, 2.75) is 12.4 Å². The maximum absolute atomic E-state index is 12.4. The van der Waals surface area contributed by atoms with E-state index in [1.807, 2.05) is 17.0 Å². The number of aliphatic hydroxyl groups is 1. The van der Waals surface area contributed by atoms with Crippen LogP contribution in [0.5, 0.6) is 0 Å². The third-order valence-electron chi connectivity index (χ3n) is 3.96. The van der Waals surface area contributed by atoms with Crippen LogP contribution in [-0.2, 0) is 19.8 Å². The summed E-state index contributed by atoms with van der Waals surface area (Å²) in [6.07, 6.45) is -6.96. The van der Waals surface area contributed by atoms with Crippen molar-refractivity contribution >= 4 is 39.4 Å². The number of amides is 1. The molecule has 0 aliphatic carbocycles. The Morgan fingerprint density at radius 2 is 1.60 bits per heavy atom. The molecule has 1 heterocycles. The van der Waals surface area contributed by atoms with Gasteiger partial charge in [0.05, 0.1) is 0 Å². The molecule has 1 aromatic rings. The van der Waals surface area contributed by atoms with Crippen LogP contribution in [0.2, 0.25) is 5.02 Å². The number of piperazine rings is 1. The Labute approximate surface area is 175 Å². The van der Waals surface area contributed by atoms with Gasteiger partial charge in [-0.1, -0.05) is 11.6 Å². The van der Waals surface area contributed by atoms with Crippen molar-refractivity contribution in [1.29, 1.82) is 0 Å². The second-order valence-electron chi connectivity index (χ2n) is 5.97. The molecule has 1 saturated heterocycles. The van der Waals surface area contributed by atoms with E-state index in [2.05, 4.69) is 0 Å². The van der Waals surface area contributed by atoms with Crippen LogP contribution >= 0.6 is 11.6 Å². The molecule has 10 nitrogen and oxygen atoms in total. The molecule has 15 heteroatoms. The van der Waals surface area contributed by atoms with Crippen LogP contribution in [0.1, 0.15) is 0 Å². The van der Waals surface area contributed by atoms with Crippen LogP contribution in [0.15, 0.2) is 24.3 Å². The fourth-order valence-electron chi connectivity index (χ4n) is 2.32. The highest BCUT2D eigenvalue weighted by molar-refractivity contribution is 7.86. The molecule has 2 rings (SSSR count). The average molecular weight is 477 g/mol. The van der Waals surface area contributed by atoms with Crippen LogP contribution in [0.3, 0.4) is 0 Å². The van der Waals surface area contributed by atoms with Gasteiger partial charge in [0.1, 0.15) is 0 Å². The number of likely N-dealkylation sites (N-methyl/N-ethyl adjacent to an activating group) is 1. The van der Waals surface area contributed by atoms with Gasteiger partial charge in [-0.15, -0.1) is 0 Å². The molecule has 0 radical (unpaired) electrons. The molecule has 1 aliphatic rings. The number of halogens is 4. The number of carboxylic acids is 1. The number of primary amides is 1. The molecule has 1 atom stereocenters. The van der Waals surface area contributed by atoms with Gasteiger partial charge in [-0.05, 0) is 24.3 Å². The van der Waals surface area contributed by atoms with E-state index in [-0.39, 0.29) is 13.1 Å². The molecule has 0 spiro atoms. The van der Waals surface area contributed by atoms with E-state index >= 15 is 0 Å². The van der Waals surface area contributed by atoms with E-state index in [1.165, 1.54) is 4.31 Å². The fourth-order valence-corrected chi connectivity index (χ4v) is 3.79. The van der Waals surface area contributed by atoms with Crippen molar-refractivity contribution in [2.24, 2.45) is 5.73 Å². The van der Waals surface area contributed by atoms with Gasteiger partial charge in [0.2, 0.25) is 6.23 Å². The zero-order valence-electron chi connectivity index (χ0n) is 15.6. The highest BCUT2D eigenvalue weighted by atomic mass is 35.5. The van der Waals surface area contributed by atoms with E-state index in [0.29, 0.717) is 22.4 Å². The number of rotatable bonds is 5. The largest absolute Gasteiger partial charge is 0.490 e. The number of anilines is 1. The summed E-state index contributed by atoms with van der Waals surface area (Å²) in [7, 11) is -2.83. The number of aliphatic hydroxyl groups excluding tert-OH is 1. The number of hydrogen-bond acceptors (Lipinski definition) is 6. The Hall–Kier alpha value is -2.13. The summed E-state index contributed by atoms with van der Waals surface area (Å²) >= 11 is 5.85. The van der Waals surface area contributed by atoms with E-state index in [9.17, 15) is 31.5 Å². The number of nitrogens with two attached hydrogens (primary N) is 1. The number of nitrogens with zero attached hydrogens (tertiary/aromatic N) is 3. The van der Waals surface area contributed by atoms with E-state index in [4.69, 9.17) is 27.2 Å². The normalized spacial score (nSPS) is 16.6. The predicted molar refractivity (Wildman–Crippen MR) is 101 cm³/mol. The van der Waals surface area contributed by atoms with Crippen LogP contribution < -0.4 is 10.6 Å². The minimum absolute atomic E-state index is 0.237. The van der Waals surface area contributed by atoms with Crippen LogP contribution in [0.25, 0.3) is 0 Å². The summed E-state index contributed by atoms with van der Waals surface area (Å²) in [6.45, 7) is 1.45. The summed E-state index contributed by atoms with van der Waals surface area (Å²) in [5, 5.41) is 17.3. The van der Waals surface area contributed by atoms with Crippen molar-refractivity contribution in [3.63, 3.8) is 0 Å². The van der Waals surface area contributed by atoms with E-state index < -0.39 is 34.5 Å². The Kier molecular flexibility index (Phi) is 8.86. The highest BCUT2D eigenvalue weighted by Gasteiger charge is 2.38. The minimum atomic E-state index is -5.08. The van der Waals surface area contributed by atoms with Crippen molar-refractivity contribution < 1.29 is 41.4 Å². The maximum atomic E-state index is 12.4. The lowest BCUT2D eigenvalue weighted by Crippen LogP contribution is -2.56. The number of hydrogen-bond donors (Lipinski definition) is 3. The zero-order chi connectivity index (χ0) is 23.3. The molecular weight excluding hydrogens is 457 g/mol. The number of carboxylic acid groups (broad SMARTS) is 1. The van der Waals surface area contributed by atoms with Gasteiger partial charge in [-0.3, -0.25) is 4.79 Å². The molecule has 1 fully saturated rings. The van der Waals surface area contributed by atoms with Crippen LogP contribution in [-0.4, -0.2) is 84.7 Å². The van der Waals surface area contributed by atoms with Gasteiger partial charge in [0, 0.05) is 43.9 Å². The van der Waals surface area contributed by atoms with Gasteiger partial charge in [0.15, 0.2) is 0 Å². The van der Waals surface area contributed by atoms with Crippen molar-refractivity contribution in [1.82, 2.24) is 8.61 Å². The predicted octanol–water partition coefficient (Wildman–Crippen LogP) is 0.0756. The van der Waals surface area contributed by atoms with Gasteiger partial charge < -0.3 is 20.8 Å². The van der Waals surface area contributed by atoms with Crippen molar-refractivity contribution in [3.8, 4) is 0 Å². The second-order valence-corrected chi connectivity index (χ2v) is 8.39. The van der Waals surface area contributed by atoms with Crippen molar-refractivity contribution in [3.05, 3.63) is 29.3 Å². The Morgan fingerprint density at radius 3 is 1.97 bits per heavy atom. The lowest BCUT2D eigenvalue weighted by molar-refractivity contribution is -0.192. The summed E-state index contributed by atoms with van der Waals surface area (Å²) in [4.78, 5) is 21.9. The molecule has 1 aromatic carbocycles. The lowest BCUT2D eigenvalue weighted by atomic mass is 10.2. The SMILES string of the molecule is CN(C(O)C(N)=O)S(=O)(=O)N1CCN(c2ccc(Cl)cc2)CC1.O=C(O)C(F)(F)F. The van der Waals surface area contributed by atoms with Crippen LogP contribution in [0, 0.1) is 0 Å². The van der Waals surface area contributed by atoms with E-state index in [0.717, 1.165) is 12.7 Å². The summed E-state index contributed by atoms with van der Waals surface area (Å²) in [6, 6.07) is 7.29. The Bertz CT molecular complexity index is 845. The summed E-state index contributed by atoms with van der Waals surface area (Å²) in [5.41, 5.74) is 5.90. The molecule has 4 N–H and O–H groups in total. The Balaban J connectivity index is 0.000000553. The van der Waals surface area contributed by atoms with Crippen LogP contribution in [0.4, 0.5) is 18.9 Å². The number of aliphatic carboxylic acids is 1. The van der Waals surface area contributed by atoms with Gasteiger partial charge in [0.25, 0.3) is 16.1 Å². The molecule has 170 valence electrons. The third kappa shape index (κ3) is 6.98. The first-order chi connectivity index (χ1) is 13.7. The Morgan fingerprint density at radius 1 is 1.17 bits per heavy atom. The third-order valence-corrected chi connectivity index (χ3v) is 6.16. The fraction of sp³-hybridized carbons (Fsp3) is 0.467. The maximum Gasteiger partial charge on any atom is 0.490 e. The number of carbonyl (C=O) groups excluding carboxylic acids is 1. The average Bonchev–Trinajstić information content (AvgIpc) is 2.67. The first-order valence-electron chi connectivity index (χ1n) is 8.19. The smallest absolute Gasteiger partial charge is 0.475 e. The molecule has 0 aromatic heterocycles. The monoisotopic (exact) mass is 476 g/mol. The first kappa shape index (κ1) is 25.9. The molecular formula is C15H20ClF3N4O6S. The minimum Gasteiger partial charge on any atom is -0.475 e. The number of alkyl halides is 3. The molecule has 0 saturated carbocycles. The van der Waals surface area contributed by atoms with Crippen molar-refractivity contribution in [2.75, 3.05) is 38.1 Å².